The van der Waals surface area contributed by atoms with Crippen molar-refractivity contribution in [3.8, 4) is 11.5 Å². The summed E-state index contributed by atoms with van der Waals surface area (Å²) in [4.78, 5) is 0. The van der Waals surface area contributed by atoms with Crippen LogP contribution in [0.5, 0.6) is 11.5 Å². The number of ether oxygens (including phenoxy) is 2. The van der Waals surface area contributed by atoms with Crippen molar-refractivity contribution in [2.24, 2.45) is 0 Å². The fourth-order valence-electron chi connectivity index (χ4n) is 1.72. The second kappa shape index (κ2) is 7.92. The lowest BCUT2D eigenvalue weighted by Gasteiger charge is -2.09. The molecule has 0 spiro atoms. The van der Waals surface area contributed by atoms with Crippen molar-refractivity contribution in [1.82, 2.24) is 0 Å². The molecule has 2 rings (SSSR count). The summed E-state index contributed by atoms with van der Waals surface area (Å²) in [5.74, 6) is 1.63. The van der Waals surface area contributed by atoms with E-state index in [1.165, 1.54) is 0 Å². The van der Waals surface area contributed by atoms with Gasteiger partial charge in [0.1, 0.15) is 11.5 Å². The van der Waals surface area contributed by atoms with Crippen molar-refractivity contribution in [2.75, 3.05) is 13.2 Å². The Morgan fingerprint density at radius 2 is 1.60 bits per heavy atom. The van der Waals surface area contributed by atoms with Gasteiger partial charge in [0.2, 0.25) is 0 Å². The first kappa shape index (κ1) is 14.9. The molecule has 0 fully saturated rings. The van der Waals surface area contributed by atoms with E-state index in [4.69, 9.17) is 9.47 Å². The molecule has 0 saturated carbocycles. The van der Waals surface area contributed by atoms with Crippen molar-refractivity contribution < 1.29 is 14.6 Å². The number of benzene rings is 2. The normalized spacial score (nSPS) is 10.3. The smallest absolute Gasteiger partial charge is 0.119 e. The van der Waals surface area contributed by atoms with Gasteiger partial charge < -0.3 is 14.6 Å². The molecule has 1 N–H and O–H groups in total. The van der Waals surface area contributed by atoms with Crippen LogP contribution < -0.4 is 9.47 Å². The molecule has 106 valence electrons. The van der Waals surface area contributed by atoms with Crippen LogP contribution in [0.4, 0.5) is 0 Å². The predicted molar refractivity (Wildman–Crippen MR) is 82.1 cm³/mol. The summed E-state index contributed by atoms with van der Waals surface area (Å²) in [6.07, 6.45) is 0.805. The van der Waals surface area contributed by atoms with Crippen molar-refractivity contribution in [3.63, 3.8) is 0 Å². The highest BCUT2D eigenvalue weighted by atomic mass is 79.9. The summed E-state index contributed by atoms with van der Waals surface area (Å²) < 4.78 is 12.1. The number of aliphatic hydroxyl groups is 1. The third-order valence-electron chi connectivity index (χ3n) is 2.76. The van der Waals surface area contributed by atoms with Gasteiger partial charge in [-0.1, -0.05) is 34.1 Å². The third-order valence-corrected chi connectivity index (χ3v) is 3.53. The van der Waals surface area contributed by atoms with Gasteiger partial charge in [-0.05, 0) is 35.9 Å². The number of halogens is 1. The highest BCUT2D eigenvalue weighted by Crippen LogP contribution is 2.22. The van der Waals surface area contributed by atoms with Crippen LogP contribution in [0.3, 0.4) is 0 Å². The Kier molecular flexibility index (Phi) is 5.89. The molecule has 0 amide bonds. The largest absolute Gasteiger partial charge is 0.493 e. The van der Waals surface area contributed by atoms with Gasteiger partial charge in [0.05, 0.1) is 19.8 Å². The maximum absolute atomic E-state index is 9.17. The van der Waals surface area contributed by atoms with Gasteiger partial charge in [0.25, 0.3) is 0 Å². The Bertz CT molecular complexity index is 529. The van der Waals surface area contributed by atoms with Crippen LogP contribution in [0.25, 0.3) is 0 Å². The van der Waals surface area contributed by atoms with E-state index in [1.54, 1.807) is 0 Å². The average molecular weight is 337 g/mol. The van der Waals surface area contributed by atoms with Crippen LogP contribution in [0.2, 0.25) is 0 Å². The fourth-order valence-corrected chi connectivity index (χ4v) is 2.09. The van der Waals surface area contributed by atoms with E-state index >= 15 is 0 Å². The molecule has 0 unspecified atom stereocenters. The van der Waals surface area contributed by atoms with Crippen LogP contribution in [0, 0.1) is 0 Å². The first-order chi connectivity index (χ1) is 9.79. The molecule has 0 bridgehead atoms. The van der Waals surface area contributed by atoms with Crippen molar-refractivity contribution >= 4 is 15.9 Å². The molecule has 20 heavy (non-hydrogen) atoms. The molecule has 0 atom stereocenters. The lowest BCUT2D eigenvalue weighted by atomic mass is 10.2. The quantitative estimate of drug-likeness (QED) is 0.782. The minimum absolute atomic E-state index is 0.00506. The summed E-state index contributed by atoms with van der Waals surface area (Å²) in [6.45, 7) is 1.20. The van der Waals surface area contributed by atoms with E-state index in [2.05, 4.69) is 15.9 Å². The molecule has 0 aliphatic carbocycles. The SMILES string of the molecule is OCc1cc(OCCCOc2ccccc2)ccc1Br. The Morgan fingerprint density at radius 1 is 0.900 bits per heavy atom. The van der Waals surface area contributed by atoms with E-state index in [0.29, 0.717) is 13.2 Å². The highest BCUT2D eigenvalue weighted by molar-refractivity contribution is 9.10. The molecule has 2 aromatic carbocycles. The van der Waals surface area contributed by atoms with E-state index in [0.717, 1.165) is 28.0 Å². The Hall–Kier alpha value is -1.52. The topological polar surface area (TPSA) is 38.7 Å². The number of rotatable bonds is 7. The van der Waals surface area contributed by atoms with Gasteiger partial charge in [-0.15, -0.1) is 0 Å². The lowest BCUT2D eigenvalue weighted by Crippen LogP contribution is -2.05. The molecule has 4 heteroatoms. The highest BCUT2D eigenvalue weighted by Gasteiger charge is 2.01. The average Bonchev–Trinajstić information content (AvgIpc) is 2.49. The Balaban J connectivity index is 1.71. The van der Waals surface area contributed by atoms with Gasteiger partial charge in [0, 0.05) is 10.9 Å². The zero-order chi connectivity index (χ0) is 14.2. The van der Waals surface area contributed by atoms with Gasteiger partial charge in [0.15, 0.2) is 0 Å². The number of para-hydroxylation sites is 1. The molecule has 0 radical (unpaired) electrons. The van der Waals surface area contributed by atoms with Gasteiger partial charge in [-0.2, -0.15) is 0 Å². The van der Waals surface area contributed by atoms with Crippen molar-refractivity contribution in [3.05, 3.63) is 58.6 Å². The number of hydrogen-bond acceptors (Lipinski definition) is 3. The van der Waals surface area contributed by atoms with E-state index in [1.807, 2.05) is 48.5 Å². The number of aliphatic hydroxyl groups excluding tert-OH is 1. The first-order valence-electron chi connectivity index (χ1n) is 6.49. The fraction of sp³-hybridized carbons (Fsp3) is 0.250. The second-order valence-corrected chi connectivity index (χ2v) is 5.13. The van der Waals surface area contributed by atoms with Crippen LogP contribution in [0.15, 0.2) is 53.0 Å². The lowest BCUT2D eigenvalue weighted by molar-refractivity contribution is 0.246. The molecule has 3 nitrogen and oxygen atoms in total. The summed E-state index contributed by atoms with van der Waals surface area (Å²) in [5.41, 5.74) is 0.822. The molecule has 2 aromatic rings. The van der Waals surface area contributed by atoms with Crippen molar-refractivity contribution in [1.29, 1.82) is 0 Å². The predicted octanol–water partition coefficient (Wildman–Crippen LogP) is 3.79. The summed E-state index contributed by atoms with van der Waals surface area (Å²) in [5, 5.41) is 9.17. The minimum atomic E-state index is -0.00506. The minimum Gasteiger partial charge on any atom is -0.493 e. The van der Waals surface area contributed by atoms with Crippen molar-refractivity contribution in [2.45, 2.75) is 13.0 Å². The summed E-state index contributed by atoms with van der Waals surface area (Å²) >= 11 is 3.37. The van der Waals surface area contributed by atoms with Crippen LogP contribution >= 0.6 is 15.9 Å². The molecule has 0 heterocycles. The van der Waals surface area contributed by atoms with Crippen LogP contribution in [-0.2, 0) is 6.61 Å². The summed E-state index contributed by atoms with van der Waals surface area (Å²) in [7, 11) is 0. The summed E-state index contributed by atoms with van der Waals surface area (Å²) in [6, 6.07) is 15.3. The molecule has 0 saturated heterocycles. The van der Waals surface area contributed by atoms with Crippen LogP contribution in [-0.4, -0.2) is 18.3 Å². The molecular weight excluding hydrogens is 320 g/mol. The van der Waals surface area contributed by atoms with Gasteiger partial charge in [-0.25, -0.2) is 0 Å². The van der Waals surface area contributed by atoms with Gasteiger partial charge >= 0.3 is 0 Å². The van der Waals surface area contributed by atoms with E-state index < -0.39 is 0 Å². The molecule has 0 aliphatic heterocycles. The second-order valence-electron chi connectivity index (χ2n) is 4.27. The Labute approximate surface area is 127 Å². The van der Waals surface area contributed by atoms with Crippen LogP contribution in [0.1, 0.15) is 12.0 Å². The number of hydrogen-bond donors (Lipinski definition) is 1. The van der Waals surface area contributed by atoms with Gasteiger partial charge in [-0.3, -0.25) is 0 Å². The zero-order valence-corrected chi connectivity index (χ0v) is 12.7. The zero-order valence-electron chi connectivity index (χ0n) is 11.1. The monoisotopic (exact) mass is 336 g/mol. The molecule has 0 aromatic heterocycles. The first-order valence-corrected chi connectivity index (χ1v) is 7.29. The maximum Gasteiger partial charge on any atom is 0.119 e. The van der Waals surface area contributed by atoms with E-state index in [-0.39, 0.29) is 6.61 Å². The molecule has 0 aliphatic rings. The molecular formula is C16H17BrO3. The maximum atomic E-state index is 9.17. The standard InChI is InChI=1S/C16H17BrO3/c17-16-8-7-15(11-13(16)12-18)20-10-4-9-19-14-5-2-1-3-6-14/h1-3,5-8,11,18H,4,9-10,12H2. The Morgan fingerprint density at radius 3 is 2.30 bits per heavy atom. The third kappa shape index (κ3) is 4.54. The van der Waals surface area contributed by atoms with E-state index in [9.17, 15) is 5.11 Å².